The van der Waals surface area contributed by atoms with Gasteiger partial charge in [0.2, 0.25) is 0 Å². The summed E-state index contributed by atoms with van der Waals surface area (Å²) in [6.45, 7) is 6.37. The van der Waals surface area contributed by atoms with E-state index in [0.29, 0.717) is 6.61 Å². The molecule has 0 amide bonds. The monoisotopic (exact) mass is 338 g/mol. The molecule has 16 heavy (non-hydrogen) atoms. The lowest BCUT2D eigenvalue weighted by molar-refractivity contribution is -0.139. The lowest BCUT2D eigenvalue weighted by Gasteiger charge is -2.13. The summed E-state index contributed by atoms with van der Waals surface area (Å²) in [4.78, 5) is 11.8. The molecule has 3 nitrogen and oxygen atoms in total. The Morgan fingerprint density at radius 3 is 2.69 bits per heavy atom. The summed E-state index contributed by atoms with van der Waals surface area (Å²) in [5.41, 5.74) is 0.755. The number of carbonyl (C=O) groups is 1. The van der Waals surface area contributed by atoms with E-state index in [1.54, 1.807) is 0 Å². The molecule has 1 aliphatic rings. The van der Waals surface area contributed by atoms with Gasteiger partial charge in [0.25, 0.3) is 0 Å². The van der Waals surface area contributed by atoms with Crippen molar-refractivity contribution in [2.75, 3.05) is 11.0 Å². The van der Waals surface area contributed by atoms with Crippen molar-refractivity contribution in [3.63, 3.8) is 0 Å². The predicted octanol–water partition coefficient (Wildman–Crippen LogP) is 3.07. The van der Waals surface area contributed by atoms with Crippen molar-refractivity contribution in [3.05, 3.63) is 11.3 Å². The highest BCUT2D eigenvalue weighted by Gasteiger charge is 2.36. The van der Waals surface area contributed by atoms with Crippen LogP contribution in [-0.4, -0.2) is 23.1 Å². The zero-order valence-electron chi connectivity index (χ0n) is 10.1. The van der Waals surface area contributed by atoms with Crippen molar-refractivity contribution >= 4 is 28.6 Å². The largest absolute Gasteiger partial charge is 0.493 e. The number of allylic oxidation sites excluding steroid dienone is 1. The minimum atomic E-state index is -0.203. The number of carbonyl (C=O) groups excluding carboxylic acids is 1. The van der Waals surface area contributed by atoms with Gasteiger partial charge in [0.15, 0.2) is 0 Å². The molecule has 0 N–H and O–H groups in total. The van der Waals surface area contributed by atoms with E-state index in [-0.39, 0.29) is 18.0 Å². The molecule has 4 heteroatoms. The van der Waals surface area contributed by atoms with Gasteiger partial charge in [-0.15, -0.1) is 0 Å². The summed E-state index contributed by atoms with van der Waals surface area (Å²) in [6.07, 6.45) is 1.94. The summed E-state index contributed by atoms with van der Waals surface area (Å²) in [7, 11) is 0. The Balaban J connectivity index is 2.87. The predicted molar refractivity (Wildman–Crippen MR) is 71.5 cm³/mol. The summed E-state index contributed by atoms with van der Waals surface area (Å²) in [5, 5.41) is 0. The fourth-order valence-corrected chi connectivity index (χ4v) is 2.83. The number of halogens is 1. The van der Waals surface area contributed by atoms with Gasteiger partial charge in [-0.3, -0.25) is 0 Å². The molecular weight excluding hydrogens is 319 g/mol. The summed E-state index contributed by atoms with van der Waals surface area (Å²) in [5.74, 6) is 0.790. The topological polar surface area (TPSA) is 35.5 Å². The minimum absolute atomic E-state index is 0.126. The smallest absolute Gasteiger partial charge is 0.337 e. The fraction of sp³-hybridized carbons (Fsp3) is 0.750. The molecule has 0 spiro atoms. The van der Waals surface area contributed by atoms with Crippen molar-refractivity contribution in [1.82, 2.24) is 0 Å². The molecule has 92 valence electrons. The van der Waals surface area contributed by atoms with E-state index in [0.717, 1.165) is 28.6 Å². The maximum atomic E-state index is 11.8. The molecular formula is C12H19IO3. The molecule has 1 aliphatic heterocycles. The van der Waals surface area contributed by atoms with Gasteiger partial charge in [-0.2, -0.15) is 0 Å². The molecule has 2 atom stereocenters. The van der Waals surface area contributed by atoms with E-state index in [1.165, 1.54) is 0 Å². The van der Waals surface area contributed by atoms with Crippen LogP contribution in [0.4, 0.5) is 0 Å². The van der Waals surface area contributed by atoms with E-state index in [9.17, 15) is 4.79 Å². The van der Waals surface area contributed by atoms with Crippen LogP contribution in [0.25, 0.3) is 0 Å². The fourth-order valence-electron chi connectivity index (χ4n) is 1.88. The number of hydrogen-bond donors (Lipinski definition) is 0. The van der Waals surface area contributed by atoms with E-state index in [4.69, 9.17) is 9.47 Å². The van der Waals surface area contributed by atoms with Crippen LogP contribution in [0.15, 0.2) is 11.3 Å². The number of ether oxygens (including phenoxy) is 2. The second-order valence-corrected chi connectivity index (χ2v) is 4.79. The molecule has 1 heterocycles. The lowest BCUT2D eigenvalue weighted by atomic mass is 9.97. The molecule has 1 rings (SSSR count). The first-order chi connectivity index (χ1) is 7.65. The van der Waals surface area contributed by atoms with Gasteiger partial charge >= 0.3 is 5.97 Å². The first kappa shape index (κ1) is 13.8. The normalized spacial score (nSPS) is 24.5. The first-order valence-electron chi connectivity index (χ1n) is 5.78. The van der Waals surface area contributed by atoms with Crippen LogP contribution in [0.3, 0.4) is 0 Å². The van der Waals surface area contributed by atoms with E-state index in [2.05, 4.69) is 29.5 Å². The Hall–Kier alpha value is -0.260. The van der Waals surface area contributed by atoms with Crippen molar-refractivity contribution in [1.29, 1.82) is 0 Å². The second-order valence-electron chi connectivity index (χ2n) is 3.91. The quantitative estimate of drug-likeness (QED) is 0.439. The summed E-state index contributed by atoms with van der Waals surface area (Å²) in [6, 6.07) is 0. The average Bonchev–Trinajstić information content (AvgIpc) is 2.56. The third-order valence-corrected chi connectivity index (χ3v) is 3.60. The van der Waals surface area contributed by atoms with Crippen molar-refractivity contribution in [3.8, 4) is 0 Å². The Bertz CT molecular complexity index is 286. The third-order valence-electron chi connectivity index (χ3n) is 2.73. The summed E-state index contributed by atoms with van der Waals surface area (Å²) < 4.78 is 11.8. The standard InChI is InChI=1S/C12H19IO3/c1-4-6-9-11(12(14)15-5-2)8(3)10(7-13)16-9/h8,10H,4-7H2,1-3H3/t8-,10-/m0/s1. The van der Waals surface area contributed by atoms with Gasteiger partial charge in [0, 0.05) is 16.8 Å². The zero-order valence-corrected chi connectivity index (χ0v) is 12.2. The Morgan fingerprint density at radius 2 is 2.19 bits per heavy atom. The average molecular weight is 338 g/mol. The highest BCUT2D eigenvalue weighted by Crippen LogP contribution is 2.35. The highest BCUT2D eigenvalue weighted by atomic mass is 127. The number of hydrogen-bond acceptors (Lipinski definition) is 3. The van der Waals surface area contributed by atoms with Gasteiger partial charge in [-0.05, 0) is 13.3 Å². The molecule has 0 fully saturated rings. The van der Waals surface area contributed by atoms with Crippen LogP contribution >= 0.6 is 22.6 Å². The first-order valence-corrected chi connectivity index (χ1v) is 7.30. The minimum Gasteiger partial charge on any atom is -0.493 e. The molecule has 0 aromatic carbocycles. The van der Waals surface area contributed by atoms with Gasteiger partial charge in [0.05, 0.1) is 12.2 Å². The second kappa shape index (κ2) is 6.47. The lowest BCUT2D eigenvalue weighted by Crippen LogP contribution is -2.21. The summed E-state index contributed by atoms with van der Waals surface area (Å²) >= 11 is 2.29. The third kappa shape index (κ3) is 2.90. The van der Waals surface area contributed by atoms with Crippen LogP contribution in [-0.2, 0) is 14.3 Å². The SMILES string of the molecule is CCCC1=C(C(=O)OCC)[C@@H](C)[C@H](CI)O1. The van der Waals surface area contributed by atoms with Gasteiger partial charge in [0.1, 0.15) is 11.9 Å². The molecule has 0 aliphatic carbocycles. The van der Waals surface area contributed by atoms with Crippen LogP contribution in [0.2, 0.25) is 0 Å². The molecule has 0 unspecified atom stereocenters. The van der Waals surface area contributed by atoms with Crippen molar-refractivity contribution in [2.24, 2.45) is 5.92 Å². The maximum Gasteiger partial charge on any atom is 0.337 e. The van der Waals surface area contributed by atoms with E-state index >= 15 is 0 Å². The highest BCUT2D eigenvalue weighted by molar-refractivity contribution is 14.1. The van der Waals surface area contributed by atoms with Crippen LogP contribution in [0, 0.1) is 5.92 Å². The maximum absolute atomic E-state index is 11.8. The van der Waals surface area contributed by atoms with Crippen molar-refractivity contribution < 1.29 is 14.3 Å². The molecule has 0 aromatic heterocycles. The van der Waals surface area contributed by atoms with Crippen LogP contribution in [0.5, 0.6) is 0 Å². The van der Waals surface area contributed by atoms with Gasteiger partial charge in [-0.25, -0.2) is 4.79 Å². The van der Waals surface area contributed by atoms with Gasteiger partial charge in [-0.1, -0.05) is 36.4 Å². The zero-order chi connectivity index (χ0) is 12.1. The molecule has 0 bridgehead atoms. The van der Waals surface area contributed by atoms with Crippen molar-refractivity contribution in [2.45, 2.75) is 39.7 Å². The Morgan fingerprint density at radius 1 is 1.50 bits per heavy atom. The number of esters is 1. The van der Waals surface area contributed by atoms with Gasteiger partial charge < -0.3 is 9.47 Å². The van der Waals surface area contributed by atoms with E-state index in [1.807, 2.05) is 13.8 Å². The molecule has 0 radical (unpaired) electrons. The Kier molecular flexibility index (Phi) is 5.58. The van der Waals surface area contributed by atoms with E-state index < -0.39 is 0 Å². The molecule has 0 saturated carbocycles. The van der Waals surface area contributed by atoms with Crippen LogP contribution in [0.1, 0.15) is 33.6 Å². The Labute approximate surface area is 111 Å². The van der Waals surface area contributed by atoms with Crippen LogP contribution < -0.4 is 0 Å². The molecule has 0 aromatic rings. The number of rotatable bonds is 5. The number of alkyl halides is 1. The molecule has 0 saturated heterocycles.